The van der Waals surface area contributed by atoms with E-state index in [4.69, 9.17) is 0 Å². The molecule has 0 aliphatic heterocycles. The second-order valence-corrected chi connectivity index (χ2v) is 7.36. The summed E-state index contributed by atoms with van der Waals surface area (Å²) in [5, 5.41) is 0. The van der Waals surface area contributed by atoms with Crippen molar-refractivity contribution in [2.75, 3.05) is 4.72 Å². The molecular weight excluding hydrogens is 320 g/mol. The highest BCUT2D eigenvalue weighted by atomic mass is 32.2. The first-order valence-corrected chi connectivity index (χ1v) is 9.05. The summed E-state index contributed by atoms with van der Waals surface area (Å²) < 4.78 is 28.0. The molecule has 0 amide bonds. The first kappa shape index (κ1) is 16.2. The van der Waals surface area contributed by atoms with Crippen molar-refractivity contribution in [1.29, 1.82) is 0 Å². The molecule has 1 heterocycles. The SMILES string of the molecule is Cc1ccc(S(=O)(=O)Nc2cc(C)ccc2-c2ccccn2)cc1. The smallest absolute Gasteiger partial charge is 0.261 e. The molecule has 1 aromatic heterocycles. The number of benzene rings is 2. The van der Waals surface area contributed by atoms with E-state index in [0.717, 1.165) is 22.4 Å². The molecule has 0 unspecified atom stereocenters. The van der Waals surface area contributed by atoms with Crippen LogP contribution in [0.15, 0.2) is 71.8 Å². The molecule has 5 heteroatoms. The number of pyridine rings is 1. The summed E-state index contributed by atoms with van der Waals surface area (Å²) in [5.41, 5.74) is 3.97. The van der Waals surface area contributed by atoms with Crippen molar-refractivity contribution in [2.24, 2.45) is 0 Å². The number of rotatable bonds is 4. The predicted octanol–water partition coefficient (Wildman–Crippen LogP) is 4.17. The first-order valence-electron chi connectivity index (χ1n) is 7.57. The van der Waals surface area contributed by atoms with Crippen LogP contribution in [0.4, 0.5) is 5.69 Å². The van der Waals surface area contributed by atoms with E-state index >= 15 is 0 Å². The van der Waals surface area contributed by atoms with Crippen LogP contribution in [0.1, 0.15) is 11.1 Å². The molecule has 0 saturated carbocycles. The van der Waals surface area contributed by atoms with Gasteiger partial charge in [0.25, 0.3) is 10.0 Å². The summed E-state index contributed by atoms with van der Waals surface area (Å²) >= 11 is 0. The van der Waals surface area contributed by atoms with Crippen molar-refractivity contribution < 1.29 is 8.42 Å². The fourth-order valence-corrected chi connectivity index (χ4v) is 3.48. The first-order chi connectivity index (χ1) is 11.5. The van der Waals surface area contributed by atoms with E-state index in [1.54, 1.807) is 30.5 Å². The zero-order chi connectivity index (χ0) is 17.2. The van der Waals surface area contributed by atoms with E-state index < -0.39 is 10.0 Å². The highest BCUT2D eigenvalue weighted by molar-refractivity contribution is 7.92. The van der Waals surface area contributed by atoms with Crippen LogP contribution < -0.4 is 4.72 Å². The number of nitrogens with zero attached hydrogens (tertiary/aromatic N) is 1. The molecule has 0 radical (unpaired) electrons. The normalized spacial score (nSPS) is 11.2. The number of nitrogens with one attached hydrogen (secondary N) is 1. The average molecular weight is 338 g/mol. The van der Waals surface area contributed by atoms with Gasteiger partial charge < -0.3 is 0 Å². The minimum Gasteiger partial charge on any atom is -0.279 e. The molecule has 0 aliphatic carbocycles. The summed E-state index contributed by atoms with van der Waals surface area (Å²) in [5.74, 6) is 0. The fraction of sp³-hybridized carbons (Fsp3) is 0.105. The Kier molecular flexibility index (Phi) is 4.36. The third-order valence-corrected chi connectivity index (χ3v) is 5.07. The number of hydrogen-bond donors (Lipinski definition) is 1. The molecule has 0 fully saturated rings. The van der Waals surface area contributed by atoms with Crippen LogP contribution >= 0.6 is 0 Å². The molecule has 24 heavy (non-hydrogen) atoms. The number of aryl methyl sites for hydroxylation is 2. The van der Waals surface area contributed by atoms with Gasteiger partial charge in [-0.2, -0.15) is 0 Å². The lowest BCUT2D eigenvalue weighted by molar-refractivity contribution is 0.601. The van der Waals surface area contributed by atoms with Crippen molar-refractivity contribution in [2.45, 2.75) is 18.7 Å². The van der Waals surface area contributed by atoms with Gasteiger partial charge in [0.2, 0.25) is 0 Å². The Morgan fingerprint density at radius 2 is 1.58 bits per heavy atom. The maximum absolute atomic E-state index is 12.7. The number of hydrogen-bond acceptors (Lipinski definition) is 3. The van der Waals surface area contributed by atoms with Crippen molar-refractivity contribution in [1.82, 2.24) is 4.98 Å². The van der Waals surface area contributed by atoms with Crippen LogP contribution in [-0.2, 0) is 10.0 Å². The van der Waals surface area contributed by atoms with Gasteiger partial charge in [0.05, 0.1) is 16.3 Å². The van der Waals surface area contributed by atoms with Crippen LogP contribution in [0.3, 0.4) is 0 Å². The van der Waals surface area contributed by atoms with Crippen molar-refractivity contribution in [3.63, 3.8) is 0 Å². The molecule has 0 atom stereocenters. The minimum atomic E-state index is -3.66. The summed E-state index contributed by atoms with van der Waals surface area (Å²) in [6.07, 6.45) is 1.69. The summed E-state index contributed by atoms with van der Waals surface area (Å²) in [7, 11) is -3.66. The van der Waals surface area contributed by atoms with Crippen molar-refractivity contribution in [3.05, 3.63) is 78.0 Å². The summed E-state index contributed by atoms with van der Waals surface area (Å²) in [6.45, 7) is 3.84. The van der Waals surface area contributed by atoms with Gasteiger partial charge in [-0.1, -0.05) is 35.9 Å². The molecule has 4 nitrogen and oxygen atoms in total. The minimum absolute atomic E-state index is 0.238. The highest BCUT2D eigenvalue weighted by Crippen LogP contribution is 2.29. The molecule has 3 aromatic rings. The average Bonchev–Trinajstić information content (AvgIpc) is 2.56. The molecule has 0 aliphatic rings. The number of sulfonamides is 1. The molecule has 3 rings (SSSR count). The van der Waals surface area contributed by atoms with Gasteiger partial charge in [-0.25, -0.2) is 8.42 Å². The lowest BCUT2D eigenvalue weighted by Gasteiger charge is -2.13. The van der Waals surface area contributed by atoms with Gasteiger partial charge in [0.1, 0.15) is 0 Å². The van der Waals surface area contributed by atoms with Gasteiger partial charge >= 0.3 is 0 Å². The molecule has 0 spiro atoms. The summed E-state index contributed by atoms with van der Waals surface area (Å²) in [6, 6.07) is 18.0. The molecule has 0 bridgehead atoms. The van der Waals surface area contributed by atoms with E-state index in [9.17, 15) is 8.42 Å². The lowest BCUT2D eigenvalue weighted by atomic mass is 10.1. The van der Waals surface area contributed by atoms with E-state index in [1.165, 1.54) is 0 Å². The zero-order valence-electron chi connectivity index (χ0n) is 13.5. The number of anilines is 1. The zero-order valence-corrected chi connectivity index (χ0v) is 14.3. The second-order valence-electron chi connectivity index (χ2n) is 5.68. The van der Waals surface area contributed by atoms with Crippen molar-refractivity contribution in [3.8, 4) is 11.3 Å². The Morgan fingerprint density at radius 1 is 0.875 bits per heavy atom. The Balaban J connectivity index is 2.03. The van der Waals surface area contributed by atoms with Gasteiger partial charge in [0.15, 0.2) is 0 Å². The van der Waals surface area contributed by atoms with Gasteiger partial charge in [-0.05, 0) is 49.7 Å². The van der Waals surface area contributed by atoms with Crippen LogP contribution in [0, 0.1) is 13.8 Å². The molecule has 122 valence electrons. The second kappa shape index (κ2) is 6.45. The summed E-state index contributed by atoms with van der Waals surface area (Å²) in [4.78, 5) is 4.56. The fourth-order valence-electron chi connectivity index (χ4n) is 2.41. The molecule has 0 saturated heterocycles. The maximum atomic E-state index is 12.7. The monoisotopic (exact) mass is 338 g/mol. The molecule has 1 N–H and O–H groups in total. The largest absolute Gasteiger partial charge is 0.279 e. The molecular formula is C19H18N2O2S. The third kappa shape index (κ3) is 3.46. The molecule has 2 aromatic carbocycles. The standard InChI is InChI=1S/C19H18N2O2S/c1-14-6-9-16(10-7-14)24(22,23)21-19-13-15(2)8-11-17(19)18-5-3-4-12-20-18/h3-13,21H,1-2H3. The Bertz CT molecular complexity index is 950. The number of aromatic nitrogens is 1. The Morgan fingerprint density at radius 3 is 2.25 bits per heavy atom. The van der Waals surface area contributed by atoms with Gasteiger partial charge in [-0.3, -0.25) is 9.71 Å². The quantitative estimate of drug-likeness (QED) is 0.777. The van der Waals surface area contributed by atoms with E-state index in [-0.39, 0.29) is 4.90 Å². The van der Waals surface area contributed by atoms with Crippen molar-refractivity contribution >= 4 is 15.7 Å². The lowest BCUT2D eigenvalue weighted by Crippen LogP contribution is -2.13. The Hall–Kier alpha value is -2.66. The predicted molar refractivity (Wildman–Crippen MR) is 96.4 cm³/mol. The maximum Gasteiger partial charge on any atom is 0.261 e. The third-order valence-electron chi connectivity index (χ3n) is 3.69. The van der Waals surface area contributed by atoms with Crippen LogP contribution in [0.2, 0.25) is 0 Å². The van der Waals surface area contributed by atoms with Crippen LogP contribution in [0.25, 0.3) is 11.3 Å². The topological polar surface area (TPSA) is 59.1 Å². The van der Waals surface area contributed by atoms with E-state index in [2.05, 4.69) is 9.71 Å². The highest BCUT2D eigenvalue weighted by Gasteiger charge is 2.17. The van der Waals surface area contributed by atoms with Gasteiger partial charge in [0, 0.05) is 11.8 Å². The Labute approximate surface area is 142 Å². The van der Waals surface area contributed by atoms with E-state index in [1.807, 2.05) is 50.2 Å². The van der Waals surface area contributed by atoms with Crippen LogP contribution in [0.5, 0.6) is 0 Å². The van der Waals surface area contributed by atoms with E-state index in [0.29, 0.717) is 5.69 Å². The van der Waals surface area contributed by atoms with Crippen LogP contribution in [-0.4, -0.2) is 13.4 Å². The van der Waals surface area contributed by atoms with Gasteiger partial charge in [-0.15, -0.1) is 0 Å².